The van der Waals surface area contributed by atoms with Gasteiger partial charge in [-0.1, -0.05) is 30.3 Å². The monoisotopic (exact) mass is 303 g/mol. The van der Waals surface area contributed by atoms with Crippen LogP contribution in [0, 0.1) is 0 Å². The molecule has 0 saturated heterocycles. The van der Waals surface area contributed by atoms with Gasteiger partial charge < -0.3 is 10.5 Å². The van der Waals surface area contributed by atoms with E-state index in [0.29, 0.717) is 5.13 Å². The van der Waals surface area contributed by atoms with Gasteiger partial charge in [-0.15, -0.1) is 11.3 Å². The Labute approximate surface area is 127 Å². The summed E-state index contributed by atoms with van der Waals surface area (Å²) in [6, 6.07) is 9.78. The third-order valence-electron chi connectivity index (χ3n) is 3.40. The molecule has 6 heteroatoms. The Morgan fingerprint density at radius 2 is 2.24 bits per heavy atom. The third-order valence-corrected chi connectivity index (χ3v) is 4.43. The first-order valence-corrected chi connectivity index (χ1v) is 7.74. The van der Waals surface area contributed by atoms with Crippen LogP contribution in [0.15, 0.2) is 30.3 Å². The molecule has 0 aliphatic heterocycles. The fourth-order valence-corrected chi connectivity index (χ4v) is 3.39. The maximum atomic E-state index is 11.8. The molecule has 1 aromatic carbocycles. The first-order chi connectivity index (χ1) is 10.2. The van der Waals surface area contributed by atoms with Crippen LogP contribution in [0.25, 0.3) is 0 Å². The van der Waals surface area contributed by atoms with E-state index >= 15 is 0 Å². The van der Waals surface area contributed by atoms with Crippen LogP contribution in [-0.4, -0.2) is 17.1 Å². The summed E-state index contributed by atoms with van der Waals surface area (Å²) in [6.45, 7) is 0.253. The number of hydrogen-bond acceptors (Lipinski definition) is 5. The molecule has 1 heterocycles. The number of carbonyl (C=O) groups is 1. The highest BCUT2D eigenvalue weighted by Gasteiger charge is 2.20. The Morgan fingerprint density at radius 1 is 1.43 bits per heavy atom. The number of aryl methyl sites for hydroxylation is 1. The molecule has 3 rings (SSSR count). The molecule has 0 saturated carbocycles. The molecule has 1 amide bonds. The highest BCUT2D eigenvalue weighted by atomic mass is 32.1. The van der Waals surface area contributed by atoms with E-state index < -0.39 is 6.09 Å². The molecule has 0 bridgehead atoms. The lowest BCUT2D eigenvalue weighted by Gasteiger charge is -2.15. The molecule has 0 spiro atoms. The first kappa shape index (κ1) is 14.0. The zero-order chi connectivity index (χ0) is 14.7. The minimum atomic E-state index is -0.478. The minimum absolute atomic E-state index is 0.204. The van der Waals surface area contributed by atoms with Gasteiger partial charge in [0.2, 0.25) is 0 Å². The molecule has 5 nitrogen and oxygen atoms in total. The average Bonchev–Trinajstić information content (AvgIpc) is 2.87. The zero-order valence-corrected chi connectivity index (χ0v) is 12.4. The number of fused-ring (bicyclic) bond motifs is 1. The van der Waals surface area contributed by atoms with E-state index in [4.69, 9.17) is 10.5 Å². The Bertz CT molecular complexity index is 627. The summed E-state index contributed by atoms with van der Waals surface area (Å²) in [6.07, 6.45) is 2.20. The van der Waals surface area contributed by atoms with Gasteiger partial charge in [-0.25, -0.2) is 9.78 Å². The van der Waals surface area contributed by atoms with Gasteiger partial charge in [0.05, 0.1) is 5.69 Å². The van der Waals surface area contributed by atoms with Gasteiger partial charge in [0.25, 0.3) is 0 Å². The lowest BCUT2D eigenvalue weighted by atomic mass is 9.99. The molecule has 1 aliphatic carbocycles. The summed E-state index contributed by atoms with van der Waals surface area (Å²) in [5.41, 5.74) is 7.95. The smallest absolute Gasteiger partial charge is 0.413 e. The highest BCUT2D eigenvalue weighted by Crippen LogP contribution is 2.29. The molecule has 2 aromatic rings. The molecule has 3 N–H and O–H groups in total. The first-order valence-electron chi connectivity index (χ1n) is 6.92. The number of hydrogen-bond donors (Lipinski definition) is 2. The van der Waals surface area contributed by atoms with Gasteiger partial charge in [0, 0.05) is 10.9 Å². The number of anilines is 1. The summed E-state index contributed by atoms with van der Waals surface area (Å²) in [5.74, 6) is 0. The van der Waals surface area contributed by atoms with Crippen LogP contribution < -0.4 is 11.1 Å². The molecule has 1 aliphatic rings. The summed E-state index contributed by atoms with van der Waals surface area (Å²) in [5, 5.41) is 3.28. The van der Waals surface area contributed by atoms with Crippen molar-refractivity contribution in [1.82, 2.24) is 4.98 Å². The number of nitrogens with zero attached hydrogens (tertiary/aromatic N) is 1. The normalized spacial score (nSPS) is 17.1. The van der Waals surface area contributed by atoms with Gasteiger partial charge in [-0.05, 0) is 24.8 Å². The van der Waals surface area contributed by atoms with Crippen molar-refractivity contribution < 1.29 is 9.53 Å². The van der Waals surface area contributed by atoms with Crippen LogP contribution in [0.5, 0.6) is 0 Å². The van der Waals surface area contributed by atoms with Crippen molar-refractivity contribution in [1.29, 1.82) is 0 Å². The van der Waals surface area contributed by atoms with Gasteiger partial charge >= 0.3 is 6.09 Å². The zero-order valence-electron chi connectivity index (χ0n) is 11.5. The quantitative estimate of drug-likeness (QED) is 0.914. The summed E-state index contributed by atoms with van der Waals surface area (Å²) in [7, 11) is 0. The molecule has 21 heavy (non-hydrogen) atoms. The molecular weight excluding hydrogens is 286 g/mol. The maximum absolute atomic E-state index is 11.8. The molecule has 0 radical (unpaired) electrons. The predicted molar refractivity (Wildman–Crippen MR) is 82.4 cm³/mol. The van der Waals surface area contributed by atoms with Crippen molar-refractivity contribution in [3.05, 3.63) is 46.5 Å². The fourth-order valence-electron chi connectivity index (χ4n) is 2.30. The lowest BCUT2D eigenvalue weighted by molar-refractivity contribution is 0.155. The number of nitrogens with two attached hydrogens (primary N) is 1. The summed E-state index contributed by atoms with van der Waals surface area (Å²) in [4.78, 5) is 17.4. The fraction of sp³-hybridized carbons (Fsp3) is 0.333. The minimum Gasteiger partial charge on any atom is -0.444 e. The van der Waals surface area contributed by atoms with Gasteiger partial charge in [-0.2, -0.15) is 0 Å². The number of aromatic nitrogens is 1. The maximum Gasteiger partial charge on any atom is 0.413 e. The average molecular weight is 303 g/mol. The second-order valence-corrected chi connectivity index (χ2v) is 6.16. The Hall–Kier alpha value is -1.92. The number of benzene rings is 1. The van der Waals surface area contributed by atoms with Crippen molar-refractivity contribution in [2.24, 2.45) is 5.73 Å². The van der Waals surface area contributed by atoms with Crippen LogP contribution in [0.3, 0.4) is 0 Å². The lowest BCUT2D eigenvalue weighted by Crippen LogP contribution is -2.27. The van der Waals surface area contributed by atoms with Crippen molar-refractivity contribution in [3.8, 4) is 0 Å². The third kappa shape index (κ3) is 3.59. The van der Waals surface area contributed by atoms with Crippen molar-refractivity contribution >= 4 is 22.6 Å². The van der Waals surface area contributed by atoms with E-state index in [1.165, 1.54) is 16.2 Å². The number of carbonyl (C=O) groups excluding carboxylic acids is 1. The topological polar surface area (TPSA) is 77.2 Å². The van der Waals surface area contributed by atoms with Crippen molar-refractivity contribution in [3.63, 3.8) is 0 Å². The number of ether oxygens (including phenoxy) is 1. The number of amides is 1. The van der Waals surface area contributed by atoms with E-state index in [1.807, 2.05) is 30.3 Å². The SMILES string of the molecule is NC1CCc2nc(NC(=O)OCc3ccccc3)sc2C1. The van der Waals surface area contributed by atoms with E-state index in [-0.39, 0.29) is 12.6 Å². The number of thiazole rings is 1. The molecule has 1 aromatic heterocycles. The van der Waals surface area contributed by atoms with Crippen LogP contribution >= 0.6 is 11.3 Å². The van der Waals surface area contributed by atoms with Crippen molar-refractivity contribution in [2.45, 2.75) is 31.9 Å². The molecule has 110 valence electrons. The largest absolute Gasteiger partial charge is 0.444 e. The van der Waals surface area contributed by atoms with E-state index in [1.54, 1.807) is 0 Å². The van der Waals surface area contributed by atoms with Crippen LogP contribution in [-0.2, 0) is 24.2 Å². The molecule has 1 unspecified atom stereocenters. The van der Waals surface area contributed by atoms with E-state index in [0.717, 1.165) is 30.5 Å². The number of nitrogens with one attached hydrogen (secondary N) is 1. The van der Waals surface area contributed by atoms with Gasteiger partial charge in [0.15, 0.2) is 5.13 Å². The number of rotatable bonds is 3. The second-order valence-electron chi connectivity index (χ2n) is 5.08. The van der Waals surface area contributed by atoms with Gasteiger partial charge in [-0.3, -0.25) is 5.32 Å². The molecule has 0 fully saturated rings. The predicted octanol–water partition coefficient (Wildman–Crippen LogP) is 2.71. The van der Waals surface area contributed by atoms with Gasteiger partial charge in [0.1, 0.15) is 6.61 Å². The Kier molecular flexibility index (Phi) is 4.17. The Balaban J connectivity index is 1.55. The summed E-state index contributed by atoms with van der Waals surface area (Å²) >= 11 is 1.49. The van der Waals surface area contributed by atoms with Crippen LogP contribution in [0.1, 0.15) is 22.6 Å². The molecular formula is C15H17N3O2S. The highest BCUT2D eigenvalue weighted by molar-refractivity contribution is 7.15. The van der Waals surface area contributed by atoms with Crippen molar-refractivity contribution in [2.75, 3.05) is 5.32 Å². The Morgan fingerprint density at radius 3 is 3.05 bits per heavy atom. The van der Waals surface area contributed by atoms with E-state index in [9.17, 15) is 4.79 Å². The standard InChI is InChI=1S/C15H17N3O2S/c16-11-6-7-12-13(8-11)21-14(17-12)18-15(19)20-9-10-4-2-1-3-5-10/h1-5,11H,6-9,16H2,(H,17,18,19). The van der Waals surface area contributed by atoms with E-state index in [2.05, 4.69) is 10.3 Å². The molecule has 1 atom stereocenters. The van der Waals surface area contributed by atoms with Crippen LogP contribution in [0.2, 0.25) is 0 Å². The summed E-state index contributed by atoms with van der Waals surface area (Å²) < 4.78 is 5.18. The second kappa shape index (κ2) is 6.24. The van der Waals surface area contributed by atoms with Crippen LogP contribution in [0.4, 0.5) is 9.93 Å².